The molecule has 1 amide bonds. The Kier molecular flexibility index (Phi) is 5.95. The number of aromatic nitrogens is 1. The van der Waals surface area contributed by atoms with Crippen molar-refractivity contribution >= 4 is 21.8 Å². The van der Waals surface area contributed by atoms with Crippen molar-refractivity contribution in [2.45, 2.75) is 53.0 Å². The Morgan fingerprint density at radius 1 is 1.24 bits per heavy atom. The molecule has 160 valence electrons. The predicted octanol–water partition coefficient (Wildman–Crippen LogP) is 3.67. The van der Waals surface area contributed by atoms with Gasteiger partial charge in [0.25, 0.3) is 5.69 Å². The van der Waals surface area contributed by atoms with Crippen molar-refractivity contribution in [3.05, 3.63) is 28.0 Å². The van der Waals surface area contributed by atoms with E-state index in [-0.39, 0.29) is 11.9 Å². The second kappa shape index (κ2) is 8.18. The van der Waals surface area contributed by atoms with Crippen LogP contribution in [0, 0.1) is 29.6 Å². The van der Waals surface area contributed by atoms with Crippen LogP contribution in [0.5, 0.6) is 0 Å². The van der Waals surface area contributed by atoms with E-state index in [4.69, 9.17) is 0 Å². The molecule has 5 nitrogen and oxygen atoms in total. The Labute approximate surface area is 183 Å². The Hall–Kier alpha value is -1.14. The first-order valence-electron chi connectivity index (χ1n) is 11.2. The Balaban J connectivity index is 1.60. The average Bonchev–Trinajstić information content (AvgIpc) is 2.82. The molecule has 6 heteroatoms. The molecule has 0 aromatic carbocycles. The number of pyridine rings is 1. The summed E-state index contributed by atoms with van der Waals surface area (Å²) in [5, 5.41) is 10.9. The normalized spacial score (nSPS) is 32.3. The SMILES string of the molecule is CC(C)CC(=O)N1CCN(C2c3c(cc(Br)c[n+]3O)CCC3C(C)C(C)C32)CC1. The molecule has 5 unspecified atom stereocenters. The van der Waals surface area contributed by atoms with E-state index in [1.54, 1.807) is 6.20 Å². The summed E-state index contributed by atoms with van der Waals surface area (Å²) >= 11 is 3.56. The first-order valence-corrected chi connectivity index (χ1v) is 12.0. The van der Waals surface area contributed by atoms with Gasteiger partial charge in [-0.25, -0.2) is 0 Å². The fraction of sp³-hybridized carbons (Fsp3) is 0.739. The highest BCUT2D eigenvalue weighted by Gasteiger charge is 2.55. The topological polar surface area (TPSA) is 47.7 Å². The summed E-state index contributed by atoms with van der Waals surface area (Å²) in [4.78, 5) is 17.1. The summed E-state index contributed by atoms with van der Waals surface area (Å²) in [5.74, 6) is 3.36. The van der Waals surface area contributed by atoms with Crippen molar-refractivity contribution in [1.82, 2.24) is 9.80 Å². The van der Waals surface area contributed by atoms with E-state index in [1.165, 1.54) is 16.7 Å². The molecule has 3 aliphatic rings. The molecule has 29 heavy (non-hydrogen) atoms. The van der Waals surface area contributed by atoms with E-state index < -0.39 is 0 Å². The smallest absolute Gasteiger partial charge is 0.254 e. The third-order valence-corrected chi connectivity index (χ3v) is 8.21. The molecule has 1 saturated carbocycles. The van der Waals surface area contributed by atoms with Gasteiger partial charge in [0.1, 0.15) is 6.04 Å². The third kappa shape index (κ3) is 3.83. The lowest BCUT2D eigenvalue weighted by Crippen LogP contribution is -2.57. The van der Waals surface area contributed by atoms with E-state index >= 15 is 0 Å². The Morgan fingerprint density at radius 2 is 1.93 bits per heavy atom. The van der Waals surface area contributed by atoms with E-state index in [0.717, 1.165) is 48.7 Å². The molecule has 1 aliphatic heterocycles. The van der Waals surface area contributed by atoms with Crippen molar-refractivity contribution in [3.63, 3.8) is 0 Å². The minimum absolute atomic E-state index is 0.226. The molecule has 1 aromatic heterocycles. The first-order chi connectivity index (χ1) is 13.8. The molecule has 1 saturated heterocycles. The summed E-state index contributed by atoms with van der Waals surface area (Å²) < 4.78 is 2.30. The van der Waals surface area contributed by atoms with Gasteiger partial charge in [-0.2, -0.15) is 0 Å². The number of rotatable bonds is 3. The third-order valence-electron chi connectivity index (χ3n) is 7.77. The van der Waals surface area contributed by atoms with Gasteiger partial charge in [-0.3, -0.25) is 14.9 Å². The Bertz CT molecular complexity index is 776. The lowest BCUT2D eigenvalue weighted by atomic mass is 9.54. The fourth-order valence-electron chi connectivity index (χ4n) is 6.10. The van der Waals surface area contributed by atoms with Crippen LogP contribution in [0.4, 0.5) is 0 Å². The van der Waals surface area contributed by atoms with Gasteiger partial charge in [0.15, 0.2) is 0 Å². The van der Waals surface area contributed by atoms with E-state index in [9.17, 15) is 10.0 Å². The number of amides is 1. The van der Waals surface area contributed by atoms with Crippen LogP contribution < -0.4 is 4.73 Å². The van der Waals surface area contributed by atoms with Gasteiger partial charge >= 0.3 is 0 Å². The van der Waals surface area contributed by atoms with E-state index in [0.29, 0.717) is 30.1 Å². The minimum Gasteiger partial charge on any atom is -0.340 e. The molecule has 1 N–H and O–H groups in total. The van der Waals surface area contributed by atoms with Crippen LogP contribution in [0.25, 0.3) is 0 Å². The number of carbonyl (C=O) groups is 1. The van der Waals surface area contributed by atoms with Gasteiger partial charge in [-0.15, -0.1) is 0 Å². The number of carbonyl (C=O) groups excluding carboxylic acids is 1. The van der Waals surface area contributed by atoms with Crippen LogP contribution in [0.15, 0.2) is 16.7 Å². The summed E-state index contributed by atoms with van der Waals surface area (Å²) in [6, 6.07) is 2.42. The maximum absolute atomic E-state index is 12.5. The summed E-state index contributed by atoms with van der Waals surface area (Å²) in [6.45, 7) is 12.3. The second-order valence-electron chi connectivity index (χ2n) is 9.87. The van der Waals surface area contributed by atoms with Crippen LogP contribution >= 0.6 is 15.9 Å². The summed E-state index contributed by atoms with van der Waals surface area (Å²) in [7, 11) is 0. The fourth-order valence-corrected chi connectivity index (χ4v) is 6.57. The van der Waals surface area contributed by atoms with Crippen molar-refractivity contribution in [1.29, 1.82) is 0 Å². The minimum atomic E-state index is 0.226. The molecular weight excluding hydrogens is 430 g/mol. The molecule has 0 spiro atoms. The van der Waals surface area contributed by atoms with Gasteiger partial charge in [0.05, 0.1) is 4.47 Å². The highest BCUT2D eigenvalue weighted by atomic mass is 79.9. The highest BCUT2D eigenvalue weighted by Crippen LogP contribution is 2.56. The summed E-state index contributed by atoms with van der Waals surface area (Å²) in [5.41, 5.74) is 2.33. The maximum atomic E-state index is 12.5. The largest absolute Gasteiger partial charge is 0.340 e. The van der Waals surface area contributed by atoms with Crippen molar-refractivity contribution in [2.75, 3.05) is 26.2 Å². The number of fused-ring (bicyclic) bond motifs is 2. The monoisotopic (exact) mass is 464 g/mol. The summed E-state index contributed by atoms with van der Waals surface area (Å²) in [6.07, 6.45) is 4.64. The molecule has 2 fully saturated rings. The number of aryl methyl sites for hydroxylation is 1. The lowest BCUT2D eigenvalue weighted by molar-refractivity contribution is -0.911. The number of nitrogens with zero attached hydrogens (tertiary/aromatic N) is 3. The quantitative estimate of drug-likeness (QED) is 0.548. The first kappa shape index (κ1) is 21.1. The van der Waals surface area contributed by atoms with Gasteiger partial charge in [-0.05, 0) is 64.4 Å². The molecular formula is C23H35BrN3O2+. The van der Waals surface area contributed by atoms with Crippen molar-refractivity contribution in [2.24, 2.45) is 29.6 Å². The highest BCUT2D eigenvalue weighted by molar-refractivity contribution is 9.10. The zero-order valence-corrected chi connectivity index (χ0v) is 19.7. The molecule has 5 atom stereocenters. The predicted molar refractivity (Wildman–Crippen MR) is 115 cm³/mol. The van der Waals surface area contributed by atoms with Crippen LogP contribution in [0.1, 0.15) is 57.8 Å². The zero-order valence-electron chi connectivity index (χ0n) is 18.1. The molecule has 0 bridgehead atoms. The number of hydrogen-bond acceptors (Lipinski definition) is 3. The van der Waals surface area contributed by atoms with Gasteiger partial charge in [0.2, 0.25) is 12.1 Å². The standard InChI is InChI=1S/C23H35BrN3O2/c1-14(2)11-20(28)25-7-9-26(10-8-25)23-21-16(4)15(3)19(21)6-5-17-12-18(24)13-27(29)22(17)23/h12-16,19,21,23,29H,5-11H2,1-4H3/q+1. The van der Waals surface area contributed by atoms with Crippen LogP contribution in [0.3, 0.4) is 0 Å². The molecule has 2 heterocycles. The van der Waals surface area contributed by atoms with E-state index in [2.05, 4.69) is 54.6 Å². The Morgan fingerprint density at radius 3 is 2.59 bits per heavy atom. The second-order valence-corrected chi connectivity index (χ2v) is 10.8. The zero-order chi connectivity index (χ0) is 20.9. The molecule has 4 rings (SSSR count). The van der Waals surface area contributed by atoms with Crippen molar-refractivity contribution < 1.29 is 14.7 Å². The van der Waals surface area contributed by atoms with Crippen LogP contribution in [-0.2, 0) is 11.2 Å². The van der Waals surface area contributed by atoms with Gasteiger partial charge in [0, 0.05) is 42.9 Å². The lowest BCUT2D eigenvalue weighted by Gasteiger charge is -2.54. The maximum Gasteiger partial charge on any atom is 0.254 e. The molecule has 0 radical (unpaired) electrons. The van der Waals surface area contributed by atoms with Gasteiger partial charge < -0.3 is 4.90 Å². The molecule has 1 aromatic rings. The van der Waals surface area contributed by atoms with Crippen LogP contribution in [0.2, 0.25) is 0 Å². The average molecular weight is 465 g/mol. The molecule has 2 aliphatic carbocycles. The van der Waals surface area contributed by atoms with E-state index in [1.807, 2.05) is 4.90 Å². The van der Waals surface area contributed by atoms with Crippen LogP contribution in [-0.4, -0.2) is 47.1 Å². The number of piperazine rings is 1. The van der Waals surface area contributed by atoms with Gasteiger partial charge in [-0.1, -0.05) is 27.7 Å². The number of hydrogen-bond donors (Lipinski definition) is 1. The number of halogens is 1. The van der Waals surface area contributed by atoms with Crippen molar-refractivity contribution in [3.8, 4) is 0 Å².